The van der Waals surface area contributed by atoms with Crippen molar-refractivity contribution in [3.8, 4) is 11.3 Å². The van der Waals surface area contributed by atoms with E-state index in [1.807, 2.05) is 18.2 Å². The summed E-state index contributed by atoms with van der Waals surface area (Å²) in [5, 5.41) is 1.17. The number of hydrogen-bond acceptors (Lipinski definition) is 3. The number of anilines is 1. The number of aryl methyl sites for hydroxylation is 1. The van der Waals surface area contributed by atoms with Crippen LogP contribution < -0.4 is 5.73 Å². The topological polar surface area (TPSA) is 83.4 Å². The first kappa shape index (κ1) is 12.0. The van der Waals surface area contributed by atoms with E-state index in [2.05, 4.69) is 45.1 Å². The van der Waals surface area contributed by atoms with Gasteiger partial charge in [0.15, 0.2) is 5.65 Å². The largest absolute Gasteiger partial charge is 0.384 e. The zero-order valence-corrected chi connectivity index (χ0v) is 11.6. The number of nitrogens with two attached hydrogens (primary N) is 1. The molecule has 1 aromatic carbocycles. The van der Waals surface area contributed by atoms with E-state index in [-0.39, 0.29) is 0 Å². The van der Waals surface area contributed by atoms with E-state index in [1.54, 1.807) is 0 Å². The number of benzene rings is 1. The van der Waals surface area contributed by atoms with Crippen LogP contribution in [0.25, 0.3) is 33.3 Å². The van der Waals surface area contributed by atoms with Crippen LogP contribution in [0.1, 0.15) is 12.7 Å². The van der Waals surface area contributed by atoms with E-state index >= 15 is 0 Å². The highest BCUT2D eigenvalue weighted by Crippen LogP contribution is 2.30. The summed E-state index contributed by atoms with van der Waals surface area (Å²) in [6.45, 7) is 2.06. The zero-order valence-electron chi connectivity index (χ0n) is 11.6. The van der Waals surface area contributed by atoms with Gasteiger partial charge in [-0.3, -0.25) is 0 Å². The average Bonchev–Trinajstić information content (AvgIpc) is 3.09. The molecule has 3 aromatic heterocycles. The van der Waals surface area contributed by atoms with Gasteiger partial charge in [0, 0.05) is 28.6 Å². The van der Waals surface area contributed by atoms with Crippen LogP contribution in [0.5, 0.6) is 0 Å². The molecule has 0 aliphatic carbocycles. The van der Waals surface area contributed by atoms with Gasteiger partial charge in [-0.25, -0.2) is 9.97 Å². The highest BCUT2D eigenvalue weighted by atomic mass is 15.0. The highest BCUT2D eigenvalue weighted by Gasteiger charge is 2.13. The van der Waals surface area contributed by atoms with Gasteiger partial charge >= 0.3 is 0 Å². The number of rotatable bonds is 2. The molecule has 4 aromatic rings. The summed E-state index contributed by atoms with van der Waals surface area (Å²) < 4.78 is 0. The molecule has 5 nitrogen and oxygen atoms in total. The number of imidazole rings is 1. The predicted octanol–water partition coefficient (Wildman–Crippen LogP) is 3.25. The molecule has 0 fully saturated rings. The van der Waals surface area contributed by atoms with Gasteiger partial charge in [-0.1, -0.05) is 25.1 Å². The molecular formula is C16H15N5. The van der Waals surface area contributed by atoms with E-state index in [0.717, 1.165) is 40.2 Å². The van der Waals surface area contributed by atoms with E-state index in [0.29, 0.717) is 5.82 Å². The fourth-order valence-electron chi connectivity index (χ4n) is 2.65. The van der Waals surface area contributed by atoms with Gasteiger partial charge in [-0.05, 0) is 18.2 Å². The lowest BCUT2D eigenvalue weighted by Gasteiger charge is -2.01. The number of pyridine rings is 1. The molecule has 4 rings (SSSR count). The molecule has 0 atom stereocenters. The van der Waals surface area contributed by atoms with Crippen LogP contribution in [0.3, 0.4) is 0 Å². The third-order valence-corrected chi connectivity index (χ3v) is 3.68. The zero-order chi connectivity index (χ0) is 14.4. The van der Waals surface area contributed by atoms with Crippen molar-refractivity contribution in [3.63, 3.8) is 0 Å². The van der Waals surface area contributed by atoms with Crippen molar-refractivity contribution in [2.45, 2.75) is 13.3 Å². The Hall–Kier alpha value is -2.82. The Labute approximate surface area is 121 Å². The average molecular weight is 277 g/mol. The minimum atomic E-state index is 0.488. The molecule has 0 bridgehead atoms. The van der Waals surface area contributed by atoms with Gasteiger partial charge in [-0.15, -0.1) is 0 Å². The third-order valence-electron chi connectivity index (χ3n) is 3.68. The Bertz CT molecular complexity index is 915. The summed E-state index contributed by atoms with van der Waals surface area (Å²) in [7, 11) is 0. The molecule has 0 unspecified atom stereocenters. The minimum absolute atomic E-state index is 0.488. The third kappa shape index (κ3) is 1.86. The van der Waals surface area contributed by atoms with Gasteiger partial charge < -0.3 is 15.7 Å². The molecular weight excluding hydrogens is 262 g/mol. The predicted molar refractivity (Wildman–Crippen MR) is 85.0 cm³/mol. The summed E-state index contributed by atoms with van der Waals surface area (Å²) in [6.07, 6.45) is 0.836. The van der Waals surface area contributed by atoms with Crippen LogP contribution in [0.4, 0.5) is 5.82 Å². The van der Waals surface area contributed by atoms with Gasteiger partial charge in [0.2, 0.25) is 0 Å². The van der Waals surface area contributed by atoms with E-state index < -0.39 is 0 Å². The Kier molecular flexibility index (Phi) is 2.47. The number of fused-ring (bicyclic) bond motifs is 2. The van der Waals surface area contributed by atoms with Crippen molar-refractivity contribution in [1.29, 1.82) is 0 Å². The van der Waals surface area contributed by atoms with Crippen LogP contribution in [-0.4, -0.2) is 19.9 Å². The summed E-state index contributed by atoms with van der Waals surface area (Å²) >= 11 is 0. The lowest BCUT2D eigenvalue weighted by molar-refractivity contribution is 0.998. The Morgan fingerprint density at radius 3 is 2.76 bits per heavy atom. The molecule has 3 heterocycles. The fraction of sp³-hybridized carbons (Fsp3) is 0.125. The maximum atomic E-state index is 5.93. The Morgan fingerprint density at radius 2 is 1.95 bits per heavy atom. The second-order valence-corrected chi connectivity index (χ2v) is 5.10. The first-order valence-corrected chi connectivity index (χ1v) is 6.98. The van der Waals surface area contributed by atoms with Crippen molar-refractivity contribution in [1.82, 2.24) is 19.9 Å². The van der Waals surface area contributed by atoms with Crippen molar-refractivity contribution in [2.24, 2.45) is 0 Å². The smallest absolute Gasteiger partial charge is 0.160 e. The number of aromatic nitrogens is 4. The Morgan fingerprint density at radius 1 is 1.10 bits per heavy atom. The number of hydrogen-bond donors (Lipinski definition) is 3. The normalized spacial score (nSPS) is 11.5. The van der Waals surface area contributed by atoms with E-state index in [9.17, 15) is 0 Å². The molecule has 5 heteroatoms. The number of nitrogens with zero attached hydrogens (tertiary/aromatic N) is 2. The molecule has 0 aliphatic heterocycles. The minimum Gasteiger partial charge on any atom is -0.384 e. The highest BCUT2D eigenvalue weighted by molar-refractivity contribution is 5.95. The summed E-state index contributed by atoms with van der Waals surface area (Å²) in [4.78, 5) is 15.6. The van der Waals surface area contributed by atoms with Crippen LogP contribution >= 0.6 is 0 Å². The summed E-state index contributed by atoms with van der Waals surface area (Å²) in [5.41, 5.74) is 10.6. The number of H-pyrrole nitrogens is 2. The standard InChI is InChI=1S/C16H15N5/c1-2-14-20-15-10(8-13(17)19-16(15)21-14)12-7-9-5-3-4-6-11(9)18-12/h3-8,18H,2H2,1H3,(H3,17,19,20,21). The van der Waals surface area contributed by atoms with Crippen molar-refractivity contribution in [3.05, 3.63) is 42.2 Å². The van der Waals surface area contributed by atoms with Crippen LogP contribution in [0, 0.1) is 0 Å². The van der Waals surface area contributed by atoms with Gasteiger partial charge in [0.05, 0.1) is 0 Å². The Balaban J connectivity index is 2.01. The maximum Gasteiger partial charge on any atom is 0.160 e. The molecule has 0 spiro atoms. The van der Waals surface area contributed by atoms with Crippen molar-refractivity contribution < 1.29 is 0 Å². The fourth-order valence-corrected chi connectivity index (χ4v) is 2.65. The number of aromatic amines is 2. The molecule has 21 heavy (non-hydrogen) atoms. The monoisotopic (exact) mass is 277 g/mol. The second-order valence-electron chi connectivity index (χ2n) is 5.10. The molecule has 104 valence electrons. The number of nitrogen functional groups attached to an aromatic ring is 1. The van der Waals surface area contributed by atoms with Gasteiger partial charge in [0.25, 0.3) is 0 Å². The molecule has 0 amide bonds. The van der Waals surface area contributed by atoms with Crippen LogP contribution in [-0.2, 0) is 6.42 Å². The van der Waals surface area contributed by atoms with Crippen LogP contribution in [0.2, 0.25) is 0 Å². The van der Waals surface area contributed by atoms with E-state index in [4.69, 9.17) is 5.73 Å². The van der Waals surface area contributed by atoms with Crippen molar-refractivity contribution >= 4 is 27.9 Å². The lowest BCUT2D eigenvalue weighted by atomic mass is 10.1. The SMILES string of the molecule is CCc1nc2c(-c3cc4ccccc4[nH]3)cc(N)nc2[nH]1. The number of nitrogens with one attached hydrogen (secondary N) is 2. The molecule has 0 aliphatic rings. The quantitative estimate of drug-likeness (QED) is 0.526. The maximum absolute atomic E-state index is 5.93. The number of para-hydroxylation sites is 1. The van der Waals surface area contributed by atoms with Crippen molar-refractivity contribution in [2.75, 3.05) is 5.73 Å². The molecule has 0 saturated heterocycles. The van der Waals surface area contributed by atoms with Gasteiger partial charge in [-0.2, -0.15) is 0 Å². The summed E-state index contributed by atoms with van der Waals surface area (Å²) in [6, 6.07) is 12.2. The molecule has 0 radical (unpaired) electrons. The first-order chi connectivity index (χ1) is 10.2. The summed E-state index contributed by atoms with van der Waals surface area (Å²) in [5.74, 6) is 1.41. The first-order valence-electron chi connectivity index (χ1n) is 6.98. The van der Waals surface area contributed by atoms with Crippen LogP contribution in [0.15, 0.2) is 36.4 Å². The van der Waals surface area contributed by atoms with E-state index in [1.165, 1.54) is 5.39 Å². The second kappa shape index (κ2) is 4.34. The molecule has 0 saturated carbocycles. The molecule has 4 N–H and O–H groups in total. The lowest BCUT2D eigenvalue weighted by Crippen LogP contribution is -1.92. The van der Waals surface area contributed by atoms with Gasteiger partial charge in [0.1, 0.15) is 17.2 Å².